The van der Waals surface area contributed by atoms with Crippen molar-refractivity contribution in [3.05, 3.63) is 41.6 Å². The summed E-state index contributed by atoms with van der Waals surface area (Å²) in [4.78, 5) is 21.9. The topological polar surface area (TPSA) is 60.2 Å². The number of carbonyl (C=O) groups excluding carboxylic acids is 1. The molecular formula is C18H20F2N4O2. The molecule has 2 aromatic rings. The highest BCUT2D eigenvalue weighted by molar-refractivity contribution is 5.86. The van der Waals surface area contributed by atoms with Crippen molar-refractivity contribution in [2.75, 3.05) is 24.6 Å². The van der Waals surface area contributed by atoms with E-state index in [-0.39, 0.29) is 24.5 Å². The van der Waals surface area contributed by atoms with Crippen molar-refractivity contribution in [3.63, 3.8) is 0 Å². The van der Waals surface area contributed by atoms with Crippen LogP contribution in [0.15, 0.2) is 24.7 Å². The molecule has 2 aliphatic rings. The first-order chi connectivity index (χ1) is 12.5. The standard InChI is InChI=1S/C18H20F2N4O2/c1-2-26-17(25)13-8-23(11-21-13)7-12-3-4-14(22-15(12)16(19)20)24-9-18(10-24)5-6-18/h3-4,8,11,16H,2,5-7,9-10H2,1H3. The van der Waals surface area contributed by atoms with Crippen molar-refractivity contribution in [3.8, 4) is 0 Å². The fourth-order valence-electron chi connectivity index (χ4n) is 3.36. The Morgan fingerprint density at radius 1 is 1.35 bits per heavy atom. The van der Waals surface area contributed by atoms with Gasteiger partial charge in [-0.05, 0) is 31.4 Å². The van der Waals surface area contributed by atoms with Gasteiger partial charge in [0.25, 0.3) is 6.43 Å². The number of hydrogen-bond acceptors (Lipinski definition) is 5. The molecule has 6 nitrogen and oxygen atoms in total. The molecule has 2 fully saturated rings. The van der Waals surface area contributed by atoms with E-state index in [9.17, 15) is 13.6 Å². The van der Waals surface area contributed by atoms with Crippen LogP contribution in [0.4, 0.5) is 14.6 Å². The van der Waals surface area contributed by atoms with E-state index < -0.39 is 12.4 Å². The Balaban J connectivity index is 1.51. The summed E-state index contributed by atoms with van der Waals surface area (Å²) in [6.45, 7) is 3.95. The van der Waals surface area contributed by atoms with Crippen LogP contribution in [0.25, 0.3) is 0 Å². The number of imidazole rings is 1. The van der Waals surface area contributed by atoms with Gasteiger partial charge in [-0.2, -0.15) is 0 Å². The Labute approximate surface area is 149 Å². The van der Waals surface area contributed by atoms with Crippen LogP contribution in [0, 0.1) is 5.41 Å². The van der Waals surface area contributed by atoms with Crippen molar-refractivity contribution in [1.29, 1.82) is 0 Å². The average molecular weight is 362 g/mol. The third-order valence-electron chi connectivity index (χ3n) is 5.01. The van der Waals surface area contributed by atoms with Crippen LogP contribution in [0.3, 0.4) is 0 Å². The number of anilines is 1. The largest absolute Gasteiger partial charge is 0.461 e. The van der Waals surface area contributed by atoms with E-state index in [0.717, 1.165) is 13.1 Å². The van der Waals surface area contributed by atoms with E-state index in [1.54, 1.807) is 23.6 Å². The van der Waals surface area contributed by atoms with Crippen LogP contribution in [0.5, 0.6) is 0 Å². The third kappa shape index (κ3) is 3.15. The number of esters is 1. The molecule has 2 aromatic heterocycles. The van der Waals surface area contributed by atoms with Gasteiger partial charge >= 0.3 is 5.97 Å². The van der Waals surface area contributed by atoms with Gasteiger partial charge in [0.1, 0.15) is 11.5 Å². The summed E-state index contributed by atoms with van der Waals surface area (Å²) in [6.07, 6.45) is 2.73. The summed E-state index contributed by atoms with van der Waals surface area (Å²) in [5, 5.41) is 0. The Morgan fingerprint density at radius 3 is 2.77 bits per heavy atom. The van der Waals surface area contributed by atoms with Gasteiger partial charge in [0.2, 0.25) is 0 Å². The molecule has 0 aromatic carbocycles. The second kappa shape index (κ2) is 6.34. The van der Waals surface area contributed by atoms with Crippen LogP contribution in [-0.2, 0) is 11.3 Å². The van der Waals surface area contributed by atoms with E-state index >= 15 is 0 Å². The number of aromatic nitrogens is 3. The van der Waals surface area contributed by atoms with Gasteiger partial charge in [-0.1, -0.05) is 6.07 Å². The molecular weight excluding hydrogens is 342 g/mol. The summed E-state index contributed by atoms with van der Waals surface area (Å²) < 4.78 is 33.5. The molecule has 1 aliphatic heterocycles. The molecule has 8 heteroatoms. The van der Waals surface area contributed by atoms with Crippen molar-refractivity contribution >= 4 is 11.8 Å². The van der Waals surface area contributed by atoms with Gasteiger partial charge in [-0.3, -0.25) is 0 Å². The van der Waals surface area contributed by atoms with Crippen LogP contribution in [0.2, 0.25) is 0 Å². The van der Waals surface area contributed by atoms with Crippen molar-refractivity contribution in [2.24, 2.45) is 5.41 Å². The van der Waals surface area contributed by atoms with Gasteiger partial charge in [0, 0.05) is 24.7 Å². The van der Waals surface area contributed by atoms with Gasteiger partial charge in [0.05, 0.1) is 19.5 Å². The predicted octanol–water partition coefficient (Wildman–Crippen LogP) is 3.04. The summed E-state index contributed by atoms with van der Waals surface area (Å²) in [5.41, 5.74) is 0.792. The Kier molecular flexibility index (Phi) is 4.13. The molecule has 4 rings (SSSR count). The highest BCUT2D eigenvalue weighted by atomic mass is 19.3. The van der Waals surface area contributed by atoms with E-state index in [1.165, 1.54) is 25.4 Å². The summed E-state index contributed by atoms with van der Waals surface area (Å²) in [5.74, 6) is 0.0833. The molecule has 138 valence electrons. The molecule has 1 saturated heterocycles. The zero-order chi connectivity index (χ0) is 18.3. The first-order valence-corrected chi connectivity index (χ1v) is 8.71. The molecule has 0 radical (unpaired) electrons. The molecule has 3 heterocycles. The second-order valence-corrected chi connectivity index (χ2v) is 7.02. The molecule has 1 saturated carbocycles. The fourth-order valence-corrected chi connectivity index (χ4v) is 3.36. The smallest absolute Gasteiger partial charge is 0.358 e. The molecule has 0 bridgehead atoms. The maximum absolute atomic E-state index is 13.5. The first kappa shape index (κ1) is 16.9. The highest BCUT2D eigenvalue weighted by Crippen LogP contribution is 2.53. The number of rotatable bonds is 6. The quantitative estimate of drug-likeness (QED) is 0.739. The van der Waals surface area contributed by atoms with Crippen LogP contribution < -0.4 is 4.90 Å². The number of ether oxygens (including phenoxy) is 1. The minimum atomic E-state index is -2.66. The van der Waals surface area contributed by atoms with Crippen molar-refractivity contribution in [2.45, 2.75) is 32.7 Å². The third-order valence-corrected chi connectivity index (χ3v) is 5.01. The normalized spacial score (nSPS) is 17.5. The van der Waals surface area contributed by atoms with E-state index in [4.69, 9.17) is 4.74 Å². The molecule has 1 spiro atoms. The second-order valence-electron chi connectivity index (χ2n) is 7.02. The molecule has 0 atom stereocenters. The summed E-state index contributed by atoms with van der Waals surface area (Å²) >= 11 is 0. The lowest BCUT2D eigenvalue weighted by molar-refractivity contribution is 0.0520. The number of hydrogen-bond donors (Lipinski definition) is 0. The SMILES string of the molecule is CCOC(=O)c1cn(Cc2ccc(N3CC4(CC4)C3)nc2C(F)F)cn1. The molecule has 0 unspecified atom stereocenters. The van der Waals surface area contributed by atoms with Crippen molar-refractivity contribution < 1.29 is 18.3 Å². The Morgan fingerprint density at radius 2 is 2.12 bits per heavy atom. The van der Waals surface area contributed by atoms with Crippen LogP contribution in [-0.4, -0.2) is 40.2 Å². The maximum atomic E-state index is 13.5. The number of carbonyl (C=O) groups is 1. The zero-order valence-electron chi connectivity index (χ0n) is 14.5. The minimum Gasteiger partial charge on any atom is -0.461 e. The van der Waals surface area contributed by atoms with Gasteiger partial charge in [0.15, 0.2) is 5.69 Å². The fraction of sp³-hybridized carbons (Fsp3) is 0.500. The lowest BCUT2D eigenvalue weighted by Gasteiger charge is -2.41. The average Bonchev–Trinajstić information content (AvgIpc) is 3.26. The molecule has 0 amide bonds. The van der Waals surface area contributed by atoms with Crippen molar-refractivity contribution in [1.82, 2.24) is 14.5 Å². The van der Waals surface area contributed by atoms with Crippen LogP contribution in [0.1, 0.15) is 47.9 Å². The van der Waals surface area contributed by atoms with Gasteiger partial charge in [-0.15, -0.1) is 0 Å². The van der Waals surface area contributed by atoms with Gasteiger partial charge in [-0.25, -0.2) is 23.5 Å². The Bertz CT molecular complexity index is 824. The summed E-state index contributed by atoms with van der Waals surface area (Å²) in [6, 6.07) is 3.48. The van der Waals surface area contributed by atoms with Crippen LogP contribution >= 0.6 is 0 Å². The Hall–Kier alpha value is -2.51. The van der Waals surface area contributed by atoms with Gasteiger partial charge < -0.3 is 14.2 Å². The monoisotopic (exact) mass is 362 g/mol. The summed E-state index contributed by atoms with van der Waals surface area (Å²) in [7, 11) is 0. The zero-order valence-corrected chi connectivity index (χ0v) is 14.5. The molecule has 26 heavy (non-hydrogen) atoms. The van der Waals surface area contributed by atoms with E-state index in [2.05, 4.69) is 14.9 Å². The predicted molar refractivity (Wildman–Crippen MR) is 90.4 cm³/mol. The number of nitrogens with zero attached hydrogens (tertiary/aromatic N) is 4. The maximum Gasteiger partial charge on any atom is 0.358 e. The number of pyridine rings is 1. The minimum absolute atomic E-state index is 0.158. The van der Waals surface area contributed by atoms with E-state index in [1.807, 2.05) is 0 Å². The van der Waals surface area contributed by atoms with E-state index in [0.29, 0.717) is 16.8 Å². The lowest BCUT2D eigenvalue weighted by Crippen LogP contribution is -2.49. The molecule has 1 aliphatic carbocycles. The number of halogens is 2. The highest BCUT2D eigenvalue weighted by Gasteiger charge is 2.52. The molecule has 0 N–H and O–H groups in total. The first-order valence-electron chi connectivity index (χ1n) is 8.71. The lowest BCUT2D eigenvalue weighted by atomic mass is 9.97. The number of alkyl halides is 2.